The van der Waals surface area contributed by atoms with Gasteiger partial charge in [0.2, 0.25) is 0 Å². The molecule has 0 spiro atoms. The molecule has 1 rings (SSSR count). The van der Waals surface area contributed by atoms with Crippen molar-refractivity contribution in [2.45, 2.75) is 5.37 Å². The van der Waals surface area contributed by atoms with Crippen LogP contribution in [0.1, 0.15) is 10.9 Å². The summed E-state index contributed by atoms with van der Waals surface area (Å²) in [6.45, 7) is 0. The molecule has 1 aromatic carbocycles. The topological polar surface area (TPSA) is 12.5 Å². The van der Waals surface area contributed by atoms with Crippen molar-refractivity contribution in [1.82, 2.24) is 4.90 Å². The van der Waals surface area contributed by atoms with E-state index in [-0.39, 0.29) is 5.37 Å². The van der Waals surface area contributed by atoms with Crippen molar-refractivity contribution in [2.75, 3.05) is 21.2 Å². The lowest BCUT2D eigenvalue weighted by atomic mass is 10.2. The van der Waals surface area contributed by atoms with Crippen LogP contribution in [0, 0.1) is 0 Å². The van der Waals surface area contributed by atoms with Crippen molar-refractivity contribution in [3.8, 4) is 5.75 Å². The van der Waals surface area contributed by atoms with Crippen LogP contribution in [0.4, 0.5) is 0 Å². The van der Waals surface area contributed by atoms with E-state index in [1.54, 1.807) is 19.2 Å². The lowest BCUT2D eigenvalue weighted by molar-refractivity contribution is 0.392. The summed E-state index contributed by atoms with van der Waals surface area (Å²) in [5.74, 6) is 0.574. The predicted octanol–water partition coefficient (Wildman–Crippen LogP) is 3.49. The Morgan fingerprint density at radius 1 is 1.27 bits per heavy atom. The van der Waals surface area contributed by atoms with Crippen LogP contribution >= 0.6 is 35.8 Å². The molecule has 0 saturated heterocycles. The van der Waals surface area contributed by atoms with E-state index in [2.05, 4.69) is 12.6 Å². The van der Waals surface area contributed by atoms with Crippen molar-refractivity contribution in [2.24, 2.45) is 0 Å². The van der Waals surface area contributed by atoms with Gasteiger partial charge in [-0.2, -0.15) is 12.6 Å². The predicted molar refractivity (Wildman–Crippen MR) is 68.4 cm³/mol. The molecule has 0 aromatic heterocycles. The molecule has 0 saturated carbocycles. The third-order valence-corrected chi connectivity index (χ3v) is 3.40. The third kappa shape index (κ3) is 2.94. The average molecular weight is 266 g/mol. The molecular formula is C10H13Cl2NOS. The summed E-state index contributed by atoms with van der Waals surface area (Å²) in [6, 6.07) is 3.48. The van der Waals surface area contributed by atoms with E-state index in [1.165, 1.54) is 0 Å². The highest BCUT2D eigenvalue weighted by atomic mass is 35.5. The fourth-order valence-electron chi connectivity index (χ4n) is 1.18. The Bertz CT molecular complexity index is 358. The maximum absolute atomic E-state index is 6.10. The highest BCUT2D eigenvalue weighted by Crippen LogP contribution is 2.36. The molecule has 0 aliphatic carbocycles. The molecule has 0 bridgehead atoms. The molecule has 1 atom stereocenters. The molecule has 0 fully saturated rings. The number of benzene rings is 1. The smallest absolute Gasteiger partial charge is 0.138 e. The summed E-state index contributed by atoms with van der Waals surface area (Å²) in [6.07, 6.45) is 0. The molecule has 1 unspecified atom stereocenters. The summed E-state index contributed by atoms with van der Waals surface area (Å²) in [5, 5.41) is 1.06. The van der Waals surface area contributed by atoms with E-state index in [9.17, 15) is 0 Å². The second kappa shape index (κ2) is 5.30. The maximum Gasteiger partial charge on any atom is 0.138 e. The van der Waals surface area contributed by atoms with Crippen LogP contribution in [-0.2, 0) is 0 Å². The number of methoxy groups -OCH3 is 1. The number of thiol groups is 1. The Labute approximate surface area is 106 Å². The summed E-state index contributed by atoms with van der Waals surface area (Å²) in [7, 11) is 5.40. The quantitative estimate of drug-likeness (QED) is 0.664. The van der Waals surface area contributed by atoms with Crippen molar-refractivity contribution >= 4 is 35.8 Å². The fourth-order valence-corrected chi connectivity index (χ4v) is 1.97. The van der Waals surface area contributed by atoms with E-state index < -0.39 is 0 Å². The molecule has 5 heteroatoms. The molecule has 0 aliphatic rings. The Balaban J connectivity index is 3.15. The minimum atomic E-state index is -0.0825. The van der Waals surface area contributed by atoms with Gasteiger partial charge >= 0.3 is 0 Å². The number of ether oxygens (including phenoxy) is 1. The van der Waals surface area contributed by atoms with Gasteiger partial charge in [-0.25, -0.2) is 0 Å². The van der Waals surface area contributed by atoms with Gasteiger partial charge in [0.05, 0.1) is 17.5 Å². The summed E-state index contributed by atoms with van der Waals surface area (Å²) >= 11 is 16.6. The standard InChI is InChI=1S/C10H13Cl2NOS/c1-13(2)10(15)6-4-8(12)9(14-3)5-7(6)11/h4-5,10,15H,1-3H3. The first-order valence-corrected chi connectivity index (χ1v) is 5.62. The molecule has 0 aliphatic heterocycles. The number of rotatable bonds is 3. The molecule has 15 heavy (non-hydrogen) atoms. The Kier molecular flexibility index (Phi) is 4.59. The average Bonchev–Trinajstić information content (AvgIpc) is 2.19. The maximum atomic E-state index is 6.10. The third-order valence-electron chi connectivity index (χ3n) is 2.04. The van der Waals surface area contributed by atoms with Gasteiger partial charge in [-0.1, -0.05) is 23.2 Å². The number of hydrogen-bond acceptors (Lipinski definition) is 3. The lowest BCUT2D eigenvalue weighted by Crippen LogP contribution is -2.15. The molecule has 0 N–H and O–H groups in total. The zero-order chi connectivity index (χ0) is 11.6. The first-order chi connectivity index (χ1) is 6.97. The Hall–Kier alpha value is -0.0900. The largest absolute Gasteiger partial charge is 0.495 e. The van der Waals surface area contributed by atoms with E-state index in [0.29, 0.717) is 15.8 Å². The van der Waals surface area contributed by atoms with E-state index in [0.717, 1.165) is 5.56 Å². The molecular weight excluding hydrogens is 253 g/mol. The summed E-state index contributed by atoms with van der Waals surface area (Å²) < 4.78 is 5.07. The second-order valence-electron chi connectivity index (χ2n) is 3.35. The van der Waals surface area contributed by atoms with Crippen molar-refractivity contribution in [1.29, 1.82) is 0 Å². The summed E-state index contributed by atoms with van der Waals surface area (Å²) in [4.78, 5) is 1.94. The Morgan fingerprint density at radius 3 is 2.33 bits per heavy atom. The van der Waals surface area contributed by atoms with Gasteiger partial charge in [0.25, 0.3) is 0 Å². The molecule has 0 heterocycles. The van der Waals surface area contributed by atoms with Crippen LogP contribution in [0.5, 0.6) is 5.75 Å². The van der Waals surface area contributed by atoms with E-state index in [4.69, 9.17) is 27.9 Å². The van der Waals surface area contributed by atoms with Gasteiger partial charge in [-0.15, -0.1) is 0 Å². The van der Waals surface area contributed by atoms with Crippen molar-refractivity contribution < 1.29 is 4.74 Å². The minimum Gasteiger partial charge on any atom is -0.495 e. The fraction of sp³-hybridized carbons (Fsp3) is 0.400. The van der Waals surface area contributed by atoms with Crippen LogP contribution < -0.4 is 4.74 Å². The summed E-state index contributed by atoms with van der Waals surface area (Å²) in [5.41, 5.74) is 0.871. The molecule has 0 amide bonds. The van der Waals surface area contributed by atoms with Crippen LogP contribution in [0.15, 0.2) is 12.1 Å². The van der Waals surface area contributed by atoms with Gasteiger partial charge in [-0.3, -0.25) is 4.90 Å². The molecule has 84 valence electrons. The van der Waals surface area contributed by atoms with E-state index in [1.807, 2.05) is 19.0 Å². The van der Waals surface area contributed by atoms with Crippen LogP contribution in [-0.4, -0.2) is 26.1 Å². The van der Waals surface area contributed by atoms with Crippen molar-refractivity contribution in [3.63, 3.8) is 0 Å². The molecule has 1 aromatic rings. The second-order valence-corrected chi connectivity index (χ2v) is 4.65. The minimum absolute atomic E-state index is 0.0825. The monoisotopic (exact) mass is 265 g/mol. The van der Waals surface area contributed by atoms with Crippen LogP contribution in [0.3, 0.4) is 0 Å². The number of halogens is 2. The van der Waals surface area contributed by atoms with E-state index >= 15 is 0 Å². The first kappa shape index (κ1) is 13.0. The Morgan fingerprint density at radius 2 is 1.87 bits per heavy atom. The van der Waals surface area contributed by atoms with Gasteiger partial charge in [0.1, 0.15) is 5.75 Å². The highest BCUT2D eigenvalue weighted by molar-refractivity contribution is 7.80. The number of hydrogen-bond donors (Lipinski definition) is 1. The van der Waals surface area contributed by atoms with Gasteiger partial charge in [-0.05, 0) is 25.7 Å². The lowest BCUT2D eigenvalue weighted by Gasteiger charge is -2.21. The zero-order valence-corrected chi connectivity index (χ0v) is 11.2. The van der Waals surface area contributed by atoms with Gasteiger partial charge in [0, 0.05) is 11.1 Å². The zero-order valence-electron chi connectivity index (χ0n) is 8.79. The normalized spacial score (nSPS) is 13.0. The van der Waals surface area contributed by atoms with Crippen LogP contribution in [0.25, 0.3) is 0 Å². The SMILES string of the molecule is COc1cc(Cl)c(C(S)N(C)C)cc1Cl. The van der Waals surface area contributed by atoms with Gasteiger partial charge < -0.3 is 4.74 Å². The molecule has 0 radical (unpaired) electrons. The van der Waals surface area contributed by atoms with Gasteiger partial charge in [0.15, 0.2) is 0 Å². The molecule has 2 nitrogen and oxygen atoms in total. The first-order valence-electron chi connectivity index (χ1n) is 4.34. The highest BCUT2D eigenvalue weighted by Gasteiger charge is 2.15. The van der Waals surface area contributed by atoms with Crippen molar-refractivity contribution in [3.05, 3.63) is 27.7 Å². The van der Waals surface area contributed by atoms with Crippen LogP contribution in [0.2, 0.25) is 10.0 Å². The number of nitrogens with zero attached hydrogens (tertiary/aromatic N) is 1.